The van der Waals surface area contributed by atoms with Crippen molar-refractivity contribution in [2.24, 2.45) is 5.73 Å². The van der Waals surface area contributed by atoms with E-state index in [0.29, 0.717) is 19.0 Å². The lowest BCUT2D eigenvalue weighted by atomic mass is 9.96. The Balaban J connectivity index is 1.79. The van der Waals surface area contributed by atoms with Gasteiger partial charge in [0.1, 0.15) is 22.0 Å². The first kappa shape index (κ1) is 17.8. The number of nitrogens with two attached hydrogens (primary N) is 1. The fraction of sp³-hybridized carbons (Fsp3) is 0.412. The predicted molar refractivity (Wildman–Crippen MR) is 102 cm³/mol. The molecule has 0 bridgehead atoms. The van der Waals surface area contributed by atoms with Gasteiger partial charge >= 0.3 is 0 Å². The van der Waals surface area contributed by atoms with Gasteiger partial charge in [-0.25, -0.2) is 4.52 Å². The summed E-state index contributed by atoms with van der Waals surface area (Å²) >= 11 is 9.81. The third kappa shape index (κ3) is 3.11. The number of rotatable bonds is 4. The molecule has 1 saturated heterocycles. The Morgan fingerprint density at radius 2 is 2.35 bits per heavy atom. The molecule has 0 aliphatic carbocycles. The predicted octanol–water partition coefficient (Wildman–Crippen LogP) is 3.84. The number of aromatic nitrogens is 3. The summed E-state index contributed by atoms with van der Waals surface area (Å²) in [5, 5.41) is 7.78. The van der Waals surface area contributed by atoms with Crippen LogP contribution in [0.25, 0.3) is 5.52 Å². The second-order valence-corrected chi connectivity index (χ2v) is 7.44. The maximum absolute atomic E-state index is 6.32. The number of aryl methyl sites for hydroxylation is 1. The van der Waals surface area contributed by atoms with Gasteiger partial charge in [0.2, 0.25) is 5.28 Å². The summed E-state index contributed by atoms with van der Waals surface area (Å²) in [6.45, 7) is 3.22. The molecule has 4 heterocycles. The molecule has 138 valence electrons. The van der Waals surface area contributed by atoms with E-state index >= 15 is 0 Å². The van der Waals surface area contributed by atoms with Crippen molar-refractivity contribution in [3.05, 3.63) is 45.2 Å². The van der Waals surface area contributed by atoms with Crippen LogP contribution in [-0.4, -0.2) is 27.2 Å². The molecular weight excluding hydrogens is 422 g/mol. The second-order valence-electron chi connectivity index (χ2n) is 6.35. The van der Waals surface area contributed by atoms with Gasteiger partial charge in [0.25, 0.3) is 0 Å². The van der Waals surface area contributed by atoms with E-state index in [0.717, 1.165) is 39.8 Å². The van der Waals surface area contributed by atoms with Gasteiger partial charge in [-0.3, -0.25) is 0 Å². The highest BCUT2D eigenvalue weighted by atomic mass is 79.9. The fourth-order valence-corrected chi connectivity index (χ4v) is 4.35. The zero-order chi connectivity index (χ0) is 18.3. The van der Waals surface area contributed by atoms with E-state index in [1.807, 2.05) is 19.1 Å². The van der Waals surface area contributed by atoms with Crippen LogP contribution < -0.4 is 11.1 Å². The summed E-state index contributed by atoms with van der Waals surface area (Å²) in [6, 6.07) is 3.69. The lowest BCUT2D eigenvalue weighted by Gasteiger charge is -2.29. The first-order valence-electron chi connectivity index (χ1n) is 8.44. The van der Waals surface area contributed by atoms with Crippen LogP contribution in [0.1, 0.15) is 35.8 Å². The smallest absolute Gasteiger partial charge is 0.243 e. The lowest BCUT2D eigenvalue weighted by molar-refractivity contribution is -0.000595. The molecule has 26 heavy (non-hydrogen) atoms. The standard InChI is InChI=1S/C17H19BrClN5O2/c1-9-12(14-11(20)5-3-7-26-14)15(18)24-13(9)16(22-17(19)23-24)21-8-10-4-2-6-25-10/h2,4,6,11,14H,3,5,7-8,20H2,1H3,(H,21,22,23)/t11-,14-/m0/s1. The molecule has 0 aromatic carbocycles. The van der Waals surface area contributed by atoms with E-state index < -0.39 is 0 Å². The Morgan fingerprint density at radius 3 is 3.08 bits per heavy atom. The molecule has 3 N–H and O–H groups in total. The molecule has 3 aromatic heterocycles. The van der Waals surface area contributed by atoms with E-state index in [1.54, 1.807) is 10.8 Å². The van der Waals surface area contributed by atoms with E-state index in [1.165, 1.54) is 0 Å². The second kappa shape index (κ2) is 7.19. The zero-order valence-electron chi connectivity index (χ0n) is 14.2. The van der Waals surface area contributed by atoms with Crippen molar-refractivity contribution >= 4 is 38.9 Å². The summed E-state index contributed by atoms with van der Waals surface area (Å²) in [5.74, 6) is 1.44. The van der Waals surface area contributed by atoms with Crippen molar-refractivity contribution in [1.29, 1.82) is 0 Å². The highest BCUT2D eigenvalue weighted by molar-refractivity contribution is 9.10. The molecule has 4 rings (SSSR count). The van der Waals surface area contributed by atoms with Crippen molar-refractivity contribution in [2.45, 2.75) is 38.5 Å². The lowest BCUT2D eigenvalue weighted by Crippen LogP contribution is -2.34. The summed E-state index contributed by atoms with van der Waals surface area (Å²) in [7, 11) is 0. The number of hydrogen-bond acceptors (Lipinski definition) is 6. The molecule has 0 amide bonds. The number of ether oxygens (including phenoxy) is 1. The average Bonchev–Trinajstić information content (AvgIpc) is 3.22. The van der Waals surface area contributed by atoms with Crippen LogP contribution in [0.4, 0.5) is 5.82 Å². The molecule has 1 aliphatic rings. The number of nitrogens with one attached hydrogen (secondary N) is 1. The van der Waals surface area contributed by atoms with Crippen LogP contribution in [0.15, 0.2) is 27.4 Å². The first-order chi connectivity index (χ1) is 12.6. The maximum Gasteiger partial charge on any atom is 0.243 e. The van der Waals surface area contributed by atoms with Gasteiger partial charge in [-0.15, -0.1) is 5.10 Å². The summed E-state index contributed by atoms with van der Waals surface area (Å²) in [6.07, 6.45) is 3.36. The molecule has 1 fully saturated rings. The van der Waals surface area contributed by atoms with Crippen molar-refractivity contribution in [3.8, 4) is 0 Å². The number of halogens is 2. The van der Waals surface area contributed by atoms with Gasteiger partial charge in [-0.2, -0.15) is 4.98 Å². The minimum Gasteiger partial charge on any atom is -0.467 e. The van der Waals surface area contributed by atoms with Gasteiger partial charge in [-0.05, 0) is 65.0 Å². The molecule has 0 saturated carbocycles. The average molecular weight is 441 g/mol. The van der Waals surface area contributed by atoms with Crippen LogP contribution in [0.2, 0.25) is 5.28 Å². The van der Waals surface area contributed by atoms with Gasteiger partial charge in [0, 0.05) is 18.2 Å². The highest BCUT2D eigenvalue weighted by Gasteiger charge is 2.31. The van der Waals surface area contributed by atoms with E-state index in [-0.39, 0.29) is 17.4 Å². The van der Waals surface area contributed by atoms with Crippen molar-refractivity contribution in [1.82, 2.24) is 14.6 Å². The molecule has 1 aliphatic heterocycles. The third-order valence-electron chi connectivity index (χ3n) is 4.65. The van der Waals surface area contributed by atoms with E-state index in [4.69, 9.17) is 26.5 Å². The molecule has 3 aromatic rings. The minimum absolute atomic E-state index is 0.0564. The van der Waals surface area contributed by atoms with E-state index in [9.17, 15) is 0 Å². The minimum atomic E-state index is -0.184. The summed E-state index contributed by atoms with van der Waals surface area (Å²) in [4.78, 5) is 4.37. The Morgan fingerprint density at radius 1 is 1.50 bits per heavy atom. The number of nitrogens with zero attached hydrogens (tertiary/aromatic N) is 3. The SMILES string of the molecule is Cc1c([C@H]2OCCC[C@@H]2N)c(Br)n2nc(Cl)nc(NCc3ccco3)c12. The molecule has 9 heteroatoms. The van der Waals surface area contributed by atoms with Gasteiger partial charge in [0.15, 0.2) is 5.82 Å². The van der Waals surface area contributed by atoms with Gasteiger partial charge in [-0.1, -0.05) is 0 Å². The van der Waals surface area contributed by atoms with Crippen LogP contribution in [0.5, 0.6) is 0 Å². The van der Waals surface area contributed by atoms with Crippen LogP contribution in [-0.2, 0) is 11.3 Å². The number of hydrogen-bond donors (Lipinski definition) is 2. The molecule has 0 spiro atoms. The van der Waals surface area contributed by atoms with Crippen molar-refractivity contribution in [2.75, 3.05) is 11.9 Å². The fourth-order valence-electron chi connectivity index (χ4n) is 3.42. The summed E-state index contributed by atoms with van der Waals surface area (Å²) < 4.78 is 13.9. The first-order valence-corrected chi connectivity index (χ1v) is 9.61. The Labute approximate surface area is 164 Å². The summed E-state index contributed by atoms with van der Waals surface area (Å²) in [5.41, 5.74) is 9.16. The largest absolute Gasteiger partial charge is 0.467 e. The molecule has 2 atom stereocenters. The van der Waals surface area contributed by atoms with Crippen LogP contribution in [0.3, 0.4) is 0 Å². The van der Waals surface area contributed by atoms with Crippen molar-refractivity contribution < 1.29 is 9.15 Å². The third-order valence-corrected chi connectivity index (χ3v) is 5.58. The monoisotopic (exact) mass is 439 g/mol. The normalized spacial score (nSPS) is 20.6. The van der Waals surface area contributed by atoms with Gasteiger partial charge in [0.05, 0.1) is 12.8 Å². The topological polar surface area (TPSA) is 90.6 Å². The van der Waals surface area contributed by atoms with Crippen molar-refractivity contribution in [3.63, 3.8) is 0 Å². The number of anilines is 1. The maximum atomic E-state index is 6.32. The zero-order valence-corrected chi connectivity index (χ0v) is 16.5. The molecule has 0 unspecified atom stereocenters. The number of fused-ring (bicyclic) bond motifs is 1. The van der Waals surface area contributed by atoms with Gasteiger partial charge < -0.3 is 20.2 Å². The van der Waals surface area contributed by atoms with Crippen LogP contribution >= 0.6 is 27.5 Å². The Bertz CT molecular complexity index is 927. The Hall–Kier alpha value is -1.61. The molecule has 7 nitrogen and oxygen atoms in total. The highest BCUT2D eigenvalue weighted by Crippen LogP contribution is 2.39. The Kier molecular flexibility index (Phi) is 4.92. The molecular formula is C17H19BrClN5O2. The van der Waals surface area contributed by atoms with E-state index in [2.05, 4.69) is 31.3 Å². The number of furan rings is 1. The van der Waals surface area contributed by atoms with Crippen LogP contribution in [0, 0.1) is 6.92 Å². The molecule has 0 radical (unpaired) electrons. The quantitative estimate of drug-likeness (QED) is 0.640.